The SMILES string of the molecule is CCCNC(c1ccc(C)cc1C)C(C)(CC)OC. The van der Waals surface area contributed by atoms with E-state index in [0.717, 1.165) is 19.4 Å². The number of benzene rings is 1. The molecule has 0 aliphatic heterocycles. The molecular weight excluding hydrogens is 234 g/mol. The fraction of sp³-hybridized carbons (Fsp3) is 0.647. The van der Waals surface area contributed by atoms with Crippen LogP contribution in [0.5, 0.6) is 0 Å². The van der Waals surface area contributed by atoms with Crippen LogP contribution in [0.25, 0.3) is 0 Å². The van der Waals surface area contributed by atoms with E-state index in [1.165, 1.54) is 16.7 Å². The van der Waals surface area contributed by atoms with E-state index in [9.17, 15) is 0 Å². The van der Waals surface area contributed by atoms with Gasteiger partial charge in [-0.2, -0.15) is 0 Å². The highest BCUT2D eigenvalue weighted by molar-refractivity contribution is 5.34. The van der Waals surface area contributed by atoms with Gasteiger partial charge in [-0.1, -0.05) is 37.6 Å². The molecular formula is C17H29NO. The molecule has 19 heavy (non-hydrogen) atoms. The molecule has 0 aliphatic rings. The summed E-state index contributed by atoms with van der Waals surface area (Å²) in [4.78, 5) is 0. The van der Waals surface area contributed by atoms with Gasteiger partial charge in [-0.15, -0.1) is 0 Å². The summed E-state index contributed by atoms with van der Waals surface area (Å²) in [6.45, 7) is 11.9. The minimum atomic E-state index is -0.171. The average Bonchev–Trinajstić information content (AvgIpc) is 2.40. The van der Waals surface area contributed by atoms with Crippen LogP contribution in [-0.2, 0) is 4.74 Å². The van der Waals surface area contributed by atoms with Crippen LogP contribution in [0.2, 0.25) is 0 Å². The molecule has 2 nitrogen and oxygen atoms in total. The molecule has 0 radical (unpaired) electrons. The lowest BCUT2D eigenvalue weighted by atomic mass is 9.85. The molecule has 2 unspecified atom stereocenters. The summed E-state index contributed by atoms with van der Waals surface area (Å²) in [7, 11) is 1.81. The Labute approximate surface area is 118 Å². The molecule has 108 valence electrons. The fourth-order valence-corrected chi connectivity index (χ4v) is 2.56. The van der Waals surface area contributed by atoms with Gasteiger partial charge in [0, 0.05) is 7.11 Å². The molecule has 1 rings (SSSR count). The summed E-state index contributed by atoms with van der Waals surface area (Å²) in [5.41, 5.74) is 3.83. The number of hydrogen-bond acceptors (Lipinski definition) is 2. The molecule has 1 N–H and O–H groups in total. The molecule has 0 heterocycles. The normalized spacial score (nSPS) is 16.1. The highest BCUT2D eigenvalue weighted by Crippen LogP contribution is 2.33. The lowest BCUT2D eigenvalue weighted by Gasteiger charge is -2.37. The molecule has 1 aromatic rings. The van der Waals surface area contributed by atoms with Crippen molar-refractivity contribution in [3.8, 4) is 0 Å². The van der Waals surface area contributed by atoms with Crippen molar-refractivity contribution in [2.45, 2.75) is 59.1 Å². The first-order valence-corrected chi connectivity index (χ1v) is 7.34. The number of aryl methyl sites for hydroxylation is 2. The van der Waals surface area contributed by atoms with E-state index < -0.39 is 0 Å². The highest BCUT2D eigenvalue weighted by atomic mass is 16.5. The van der Waals surface area contributed by atoms with Crippen molar-refractivity contribution in [1.82, 2.24) is 5.32 Å². The third-order valence-electron chi connectivity index (χ3n) is 4.11. The average molecular weight is 263 g/mol. The molecule has 0 saturated heterocycles. The number of rotatable bonds is 7. The van der Waals surface area contributed by atoms with Gasteiger partial charge in [0.2, 0.25) is 0 Å². The lowest BCUT2D eigenvalue weighted by molar-refractivity contribution is -0.0301. The van der Waals surface area contributed by atoms with Crippen molar-refractivity contribution in [1.29, 1.82) is 0 Å². The van der Waals surface area contributed by atoms with E-state index in [2.05, 4.69) is 58.1 Å². The summed E-state index contributed by atoms with van der Waals surface area (Å²) in [5, 5.41) is 3.66. The van der Waals surface area contributed by atoms with Gasteiger partial charge in [-0.3, -0.25) is 0 Å². The van der Waals surface area contributed by atoms with Crippen molar-refractivity contribution >= 4 is 0 Å². The predicted octanol–water partition coefficient (Wildman–Crippen LogP) is 4.16. The fourth-order valence-electron chi connectivity index (χ4n) is 2.56. The first-order chi connectivity index (χ1) is 8.98. The van der Waals surface area contributed by atoms with Crippen molar-refractivity contribution in [3.05, 3.63) is 34.9 Å². The third kappa shape index (κ3) is 3.80. The Morgan fingerprint density at radius 1 is 1.26 bits per heavy atom. The maximum Gasteiger partial charge on any atom is 0.0842 e. The number of hydrogen-bond donors (Lipinski definition) is 1. The van der Waals surface area contributed by atoms with Gasteiger partial charge >= 0.3 is 0 Å². The highest BCUT2D eigenvalue weighted by Gasteiger charge is 2.34. The minimum absolute atomic E-state index is 0.171. The Kier molecular flexibility index (Phi) is 6.02. The first-order valence-electron chi connectivity index (χ1n) is 7.34. The van der Waals surface area contributed by atoms with Crippen molar-refractivity contribution in [2.75, 3.05) is 13.7 Å². The van der Waals surface area contributed by atoms with Gasteiger partial charge in [0.25, 0.3) is 0 Å². The largest absolute Gasteiger partial charge is 0.377 e. The Balaban J connectivity index is 3.15. The number of ether oxygens (including phenoxy) is 1. The second-order valence-electron chi connectivity index (χ2n) is 5.62. The van der Waals surface area contributed by atoms with Crippen molar-refractivity contribution in [3.63, 3.8) is 0 Å². The third-order valence-corrected chi connectivity index (χ3v) is 4.11. The Morgan fingerprint density at radius 2 is 1.95 bits per heavy atom. The van der Waals surface area contributed by atoms with Crippen LogP contribution in [0.4, 0.5) is 0 Å². The maximum atomic E-state index is 5.82. The molecule has 2 atom stereocenters. The standard InChI is InChI=1S/C17H29NO/c1-7-11-18-16(17(5,8-2)19-6)15-10-9-13(3)12-14(15)4/h9-10,12,16,18H,7-8,11H2,1-6H3. The minimum Gasteiger partial charge on any atom is -0.377 e. The van der Waals surface area contributed by atoms with Crippen LogP contribution in [0.1, 0.15) is 56.3 Å². The Morgan fingerprint density at radius 3 is 2.42 bits per heavy atom. The van der Waals surface area contributed by atoms with Crippen LogP contribution < -0.4 is 5.32 Å². The molecule has 0 saturated carbocycles. The lowest BCUT2D eigenvalue weighted by Crippen LogP contribution is -2.43. The molecule has 0 fully saturated rings. The van der Waals surface area contributed by atoms with Crippen molar-refractivity contribution in [2.24, 2.45) is 0 Å². The zero-order chi connectivity index (χ0) is 14.5. The Hall–Kier alpha value is -0.860. The molecule has 2 heteroatoms. The van der Waals surface area contributed by atoms with E-state index in [1.807, 2.05) is 7.11 Å². The number of nitrogens with one attached hydrogen (secondary N) is 1. The van der Waals surface area contributed by atoms with Crippen LogP contribution >= 0.6 is 0 Å². The van der Waals surface area contributed by atoms with Crippen LogP contribution in [0, 0.1) is 13.8 Å². The van der Waals surface area contributed by atoms with Gasteiger partial charge < -0.3 is 10.1 Å². The second kappa shape index (κ2) is 7.06. The monoisotopic (exact) mass is 263 g/mol. The predicted molar refractivity (Wildman–Crippen MR) is 82.7 cm³/mol. The summed E-state index contributed by atoms with van der Waals surface area (Å²) in [6.07, 6.45) is 2.11. The molecule has 0 spiro atoms. The smallest absolute Gasteiger partial charge is 0.0842 e. The van der Waals surface area contributed by atoms with Gasteiger partial charge in [0.15, 0.2) is 0 Å². The quantitative estimate of drug-likeness (QED) is 0.797. The molecule has 0 amide bonds. The van der Waals surface area contributed by atoms with Gasteiger partial charge in [0.1, 0.15) is 0 Å². The van der Waals surface area contributed by atoms with E-state index in [1.54, 1.807) is 0 Å². The second-order valence-corrected chi connectivity index (χ2v) is 5.62. The zero-order valence-electron chi connectivity index (χ0n) is 13.3. The molecule has 0 aromatic heterocycles. The van der Waals surface area contributed by atoms with Crippen LogP contribution in [0.3, 0.4) is 0 Å². The topological polar surface area (TPSA) is 21.3 Å². The van der Waals surface area contributed by atoms with Gasteiger partial charge in [-0.05, 0) is 51.3 Å². The summed E-state index contributed by atoms with van der Waals surface area (Å²) in [5.74, 6) is 0. The number of methoxy groups -OCH3 is 1. The maximum absolute atomic E-state index is 5.82. The molecule has 0 aliphatic carbocycles. The summed E-state index contributed by atoms with van der Waals surface area (Å²) < 4.78 is 5.82. The Bertz CT molecular complexity index is 396. The first kappa shape index (κ1) is 16.2. The van der Waals surface area contributed by atoms with E-state index in [0.29, 0.717) is 0 Å². The van der Waals surface area contributed by atoms with Gasteiger partial charge in [-0.25, -0.2) is 0 Å². The van der Waals surface area contributed by atoms with Gasteiger partial charge in [0.05, 0.1) is 11.6 Å². The zero-order valence-corrected chi connectivity index (χ0v) is 13.3. The van der Waals surface area contributed by atoms with Crippen LogP contribution in [-0.4, -0.2) is 19.3 Å². The van der Waals surface area contributed by atoms with E-state index in [-0.39, 0.29) is 11.6 Å². The summed E-state index contributed by atoms with van der Waals surface area (Å²) in [6, 6.07) is 6.92. The molecule has 0 bridgehead atoms. The van der Waals surface area contributed by atoms with E-state index >= 15 is 0 Å². The van der Waals surface area contributed by atoms with E-state index in [4.69, 9.17) is 4.74 Å². The van der Waals surface area contributed by atoms with Crippen LogP contribution in [0.15, 0.2) is 18.2 Å². The summed E-state index contributed by atoms with van der Waals surface area (Å²) >= 11 is 0. The molecule has 1 aromatic carbocycles. The van der Waals surface area contributed by atoms with Crippen molar-refractivity contribution < 1.29 is 4.74 Å².